The van der Waals surface area contributed by atoms with Gasteiger partial charge in [0.2, 0.25) is 0 Å². The van der Waals surface area contributed by atoms with Crippen LogP contribution in [0.1, 0.15) is 0 Å². The molecule has 0 spiro atoms. The summed E-state index contributed by atoms with van der Waals surface area (Å²) in [5.74, 6) is 3.86. The van der Waals surface area contributed by atoms with E-state index in [9.17, 15) is 0 Å². The van der Waals surface area contributed by atoms with E-state index in [0.29, 0.717) is 34.9 Å². The number of hydrogen-bond acceptors (Lipinski definition) is 8. The summed E-state index contributed by atoms with van der Waals surface area (Å²) < 4.78 is 17.3. The number of benzene rings is 16. The second-order valence-electron chi connectivity index (χ2n) is 28.1. The summed E-state index contributed by atoms with van der Waals surface area (Å²) in [6.45, 7) is 0. The Morgan fingerprint density at radius 2 is 0.473 bits per heavy atom. The largest absolute Gasteiger partial charge is 0.456 e. The highest BCUT2D eigenvalue weighted by Crippen LogP contribution is 2.44. The van der Waals surface area contributed by atoms with E-state index < -0.39 is 0 Å². The molecule has 0 saturated carbocycles. The van der Waals surface area contributed by atoms with Gasteiger partial charge in [0.1, 0.15) is 22.3 Å². The Hall–Kier alpha value is -15.3. The number of hydrogen-bond donors (Lipinski definition) is 0. The quantitative estimate of drug-likeness (QED) is 0.119. The number of aromatic nitrogens is 8. The monoisotopic (exact) mass is 1430 g/mol. The Kier molecular flexibility index (Phi) is 16.0. The third-order valence-electron chi connectivity index (χ3n) is 21.3. The average molecular weight is 1430 g/mol. The minimum Gasteiger partial charge on any atom is -0.456 e. The molecular weight excluding hydrogens is 1370 g/mol. The molecule has 6 aromatic heterocycles. The molecule has 22 aromatic rings. The van der Waals surface area contributed by atoms with Crippen molar-refractivity contribution >= 4 is 87.5 Å². The highest BCUT2D eigenvalue weighted by molar-refractivity contribution is 6.17. The van der Waals surface area contributed by atoms with Crippen LogP contribution in [0.25, 0.3) is 212 Å². The maximum Gasteiger partial charge on any atom is 0.164 e. The van der Waals surface area contributed by atoms with Gasteiger partial charge in [-0.3, -0.25) is 0 Å². The highest BCUT2D eigenvalue weighted by atomic mass is 16.3. The first-order valence-electron chi connectivity index (χ1n) is 37.5. The Labute approximate surface area is 643 Å². The van der Waals surface area contributed by atoms with Crippen molar-refractivity contribution in [2.24, 2.45) is 0 Å². The lowest BCUT2D eigenvalue weighted by Gasteiger charge is -2.12. The fourth-order valence-corrected chi connectivity index (χ4v) is 16.0. The zero-order valence-corrected chi connectivity index (χ0v) is 60.3. The molecular formula is C102H64N8O2. The van der Waals surface area contributed by atoms with Gasteiger partial charge < -0.3 is 18.0 Å². The van der Waals surface area contributed by atoms with Gasteiger partial charge in [-0.05, 0) is 123 Å². The molecule has 0 aliphatic rings. The minimum atomic E-state index is 0.636. The van der Waals surface area contributed by atoms with Gasteiger partial charge in [0, 0.05) is 87.8 Å². The molecule has 0 atom stereocenters. The van der Waals surface area contributed by atoms with Crippen LogP contribution in [0.3, 0.4) is 0 Å². The summed E-state index contributed by atoms with van der Waals surface area (Å²) in [7, 11) is 0. The van der Waals surface area contributed by atoms with E-state index in [2.05, 4.69) is 252 Å². The van der Waals surface area contributed by atoms with Crippen molar-refractivity contribution < 1.29 is 8.83 Å². The molecule has 0 aliphatic heterocycles. The van der Waals surface area contributed by atoms with Gasteiger partial charge >= 0.3 is 0 Å². The smallest absolute Gasteiger partial charge is 0.164 e. The van der Waals surface area contributed by atoms with Crippen molar-refractivity contribution in [3.63, 3.8) is 0 Å². The first kappa shape index (κ1) is 65.1. The highest BCUT2D eigenvalue weighted by Gasteiger charge is 2.22. The van der Waals surface area contributed by atoms with Gasteiger partial charge in [0.15, 0.2) is 34.9 Å². The van der Waals surface area contributed by atoms with Crippen molar-refractivity contribution in [2.45, 2.75) is 0 Å². The average Bonchev–Trinajstić information content (AvgIpc) is 1.59. The van der Waals surface area contributed by atoms with E-state index in [1.807, 2.05) is 146 Å². The van der Waals surface area contributed by atoms with Gasteiger partial charge in [-0.2, -0.15) is 0 Å². The molecule has 16 aromatic carbocycles. The third kappa shape index (κ3) is 11.7. The summed E-state index contributed by atoms with van der Waals surface area (Å²) >= 11 is 0. The summed E-state index contributed by atoms with van der Waals surface area (Å²) in [4.78, 5) is 29.5. The van der Waals surface area contributed by atoms with Gasteiger partial charge in [-0.25, -0.2) is 29.9 Å². The zero-order chi connectivity index (χ0) is 74.0. The van der Waals surface area contributed by atoms with Crippen LogP contribution in [-0.2, 0) is 0 Å². The number of furan rings is 2. The molecule has 0 amide bonds. The summed E-state index contributed by atoms with van der Waals surface area (Å²) in [6.07, 6.45) is 0. The lowest BCUT2D eigenvalue weighted by Crippen LogP contribution is -2.00. The second kappa shape index (κ2) is 27.5. The molecule has 0 fully saturated rings. The SMILES string of the molecule is c1ccc(-c2nc(-c3ccccc3)nc(-c3ccc(-c4cccc(-n5c6ccccc6c6ccc(-c7cccc8oc9ccccc9c78)cc65)c4)cc3)n2)cc1.c1ccc(-c2nc(-c3ccccc3)nc(-c3cccc(-c4ccc(-n5c6ccccc6c6ccc(-c7cccc8oc9ccccc9c78)cc65)cc4)c3)n2)cc1. The molecule has 0 aliphatic carbocycles. The first-order chi connectivity index (χ1) is 55.5. The predicted octanol–water partition coefficient (Wildman–Crippen LogP) is 26.4. The fraction of sp³-hybridized carbons (Fsp3) is 0. The number of fused-ring (bicyclic) bond motifs is 12. The van der Waals surface area contributed by atoms with Crippen LogP contribution in [0.4, 0.5) is 0 Å². The predicted molar refractivity (Wildman–Crippen MR) is 457 cm³/mol. The van der Waals surface area contributed by atoms with Crippen molar-refractivity contribution in [2.75, 3.05) is 0 Å². The fourth-order valence-electron chi connectivity index (χ4n) is 16.0. The van der Waals surface area contributed by atoms with E-state index in [0.717, 1.165) is 150 Å². The lowest BCUT2D eigenvalue weighted by molar-refractivity contribution is 0.668. The van der Waals surface area contributed by atoms with Crippen LogP contribution >= 0.6 is 0 Å². The van der Waals surface area contributed by atoms with Crippen LogP contribution in [0.2, 0.25) is 0 Å². The van der Waals surface area contributed by atoms with E-state index in [1.54, 1.807) is 0 Å². The Morgan fingerprint density at radius 1 is 0.170 bits per heavy atom. The summed E-state index contributed by atoms with van der Waals surface area (Å²) in [5.41, 5.74) is 25.1. The van der Waals surface area contributed by atoms with Gasteiger partial charge in [0.25, 0.3) is 0 Å². The molecule has 10 nitrogen and oxygen atoms in total. The molecule has 22 rings (SSSR count). The molecule has 0 saturated heterocycles. The van der Waals surface area contributed by atoms with E-state index >= 15 is 0 Å². The summed E-state index contributed by atoms with van der Waals surface area (Å²) in [6, 6.07) is 135. The lowest BCUT2D eigenvalue weighted by atomic mass is 9.98. The Bertz CT molecular complexity index is 7240. The number of rotatable bonds is 12. The molecule has 0 bridgehead atoms. The minimum absolute atomic E-state index is 0.636. The third-order valence-corrected chi connectivity index (χ3v) is 21.3. The zero-order valence-electron chi connectivity index (χ0n) is 60.3. The molecule has 0 N–H and O–H groups in total. The van der Waals surface area contributed by atoms with Crippen molar-refractivity contribution in [3.05, 3.63) is 388 Å². The first-order valence-corrected chi connectivity index (χ1v) is 37.5. The van der Waals surface area contributed by atoms with Crippen molar-refractivity contribution in [3.8, 4) is 124 Å². The standard InChI is InChI=1S/2C51H32N4O/c1-3-13-34(14-4-1)49-52-50(35-15-5-2-6-16-35)54-51(53-49)38-18-11-17-36(31-38)33-25-28-39(29-26-33)55-44-22-9-7-19-41(44)42-30-27-37(32-45(42)55)40-21-12-24-47-48(40)43-20-8-10-23-46(43)56-47;1-3-13-34(14-4-1)49-52-50(35-15-5-2-6-16-35)54-51(53-49)36-27-25-33(26-28-36)37-17-11-18-39(31-37)55-44-22-9-7-19-41(44)42-30-29-38(32-45(42)55)40-21-12-24-47-48(40)43-20-8-10-23-46(43)56-47/h2*1-32H. The van der Waals surface area contributed by atoms with Crippen LogP contribution in [-0.4, -0.2) is 39.0 Å². The van der Waals surface area contributed by atoms with Crippen LogP contribution in [0, 0.1) is 0 Å². The number of para-hydroxylation sites is 4. The number of nitrogens with zero attached hydrogens (tertiary/aromatic N) is 8. The summed E-state index contributed by atoms with van der Waals surface area (Å²) in [5, 5.41) is 9.40. The van der Waals surface area contributed by atoms with Gasteiger partial charge in [-0.1, -0.05) is 309 Å². The van der Waals surface area contributed by atoms with Gasteiger partial charge in [-0.15, -0.1) is 0 Å². The molecule has 524 valence electrons. The van der Waals surface area contributed by atoms with Gasteiger partial charge in [0.05, 0.1) is 22.1 Å². The van der Waals surface area contributed by atoms with E-state index in [1.165, 1.54) is 27.1 Å². The van der Waals surface area contributed by atoms with Crippen LogP contribution < -0.4 is 0 Å². The molecule has 10 heteroatoms. The Morgan fingerprint density at radius 3 is 0.929 bits per heavy atom. The maximum atomic E-state index is 6.26. The van der Waals surface area contributed by atoms with E-state index in [4.69, 9.17) is 38.7 Å². The normalized spacial score (nSPS) is 11.6. The molecule has 112 heavy (non-hydrogen) atoms. The van der Waals surface area contributed by atoms with Crippen LogP contribution in [0.15, 0.2) is 397 Å². The Balaban J connectivity index is 0.000000141. The molecule has 0 unspecified atom stereocenters. The topological polar surface area (TPSA) is 113 Å². The second-order valence-corrected chi connectivity index (χ2v) is 28.1. The maximum absolute atomic E-state index is 6.26. The van der Waals surface area contributed by atoms with Crippen molar-refractivity contribution in [1.29, 1.82) is 0 Å². The van der Waals surface area contributed by atoms with Crippen molar-refractivity contribution in [1.82, 2.24) is 39.0 Å². The molecule has 6 heterocycles. The van der Waals surface area contributed by atoms with E-state index in [-0.39, 0.29) is 0 Å². The van der Waals surface area contributed by atoms with Crippen LogP contribution in [0.5, 0.6) is 0 Å². The molecule has 0 radical (unpaired) electrons.